The Kier molecular flexibility index (Phi) is 10.2. The summed E-state index contributed by atoms with van der Waals surface area (Å²) in [4.78, 5) is 7.73. The summed E-state index contributed by atoms with van der Waals surface area (Å²) in [6, 6.07) is 28.6. The lowest BCUT2D eigenvalue weighted by Crippen LogP contribution is -2.52. The maximum Gasteiger partial charge on any atom is 0.285 e. The smallest absolute Gasteiger partial charge is 0.285 e. The number of H-pyrrole nitrogens is 1. The van der Waals surface area contributed by atoms with Gasteiger partial charge in [-0.05, 0) is 97.1 Å². The van der Waals surface area contributed by atoms with Gasteiger partial charge in [-0.1, -0.05) is 65.7 Å². The maximum atomic E-state index is 13.8. The molecule has 0 bridgehead atoms. The Morgan fingerprint density at radius 2 is 1.58 bits per heavy atom. The zero-order chi connectivity index (χ0) is 34.7. The van der Waals surface area contributed by atoms with Crippen LogP contribution in [-0.2, 0) is 16.4 Å². The molecule has 258 valence electrons. The molecule has 1 saturated heterocycles. The molecular weight excluding hydrogens is 694 g/mol. The molecule has 8 nitrogen and oxygen atoms in total. The number of fused-ring (bicyclic) bond motifs is 1. The molecule has 50 heavy (non-hydrogen) atoms. The van der Waals surface area contributed by atoms with Crippen LogP contribution in [0.15, 0.2) is 118 Å². The predicted octanol–water partition coefficient (Wildman–Crippen LogP) is 7.80. The minimum absolute atomic E-state index is 0.0664. The van der Waals surface area contributed by atoms with Gasteiger partial charge < -0.3 is 9.88 Å². The van der Waals surface area contributed by atoms with E-state index in [1.807, 2.05) is 53.6 Å². The molecule has 0 radical (unpaired) electrons. The van der Waals surface area contributed by atoms with E-state index in [0.29, 0.717) is 35.6 Å². The molecule has 1 aromatic heterocycles. The first kappa shape index (κ1) is 34.2. The van der Waals surface area contributed by atoms with Gasteiger partial charge in [0.25, 0.3) is 10.0 Å². The number of halogens is 3. The van der Waals surface area contributed by atoms with Crippen molar-refractivity contribution in [3.05, 3.63) is 136 Å². The Morgan fingerprint density at radius 3 is 2.30 bits per heavy atom. The first-order chi connectivity index (χ1) is 24.2. The summed E-state index contributed by atoms with van der Waals surface area (Å²) < 4.78 is 45.8. The lowest BCUT2D eigenvalue weighted by atomic mass is 9.91. The fourth-order valence-electron chi connectivity index (χ4n) is 6.67. The molecule has 4 aromatic carbocycles. The molecule has 7 rings (SSSR count). The molecule has 12 heteroatoms. The van der Waals surface area contributed by atoms with Crippen molar-refractivity contribution in [2.45, 2.75) is 30.1 Å². The van der Waals surface area contributed by atoms with Crippen LogP contribution in [0, 0.1) is 5.82 Å². The van der Waals surface area contributed by atoms with E-state index in [9.17, 15) is 12.8 Å². The highest BCUT2D eigenvalue weighted by Crippen LogP contribution is 2.31. The number of unbranched alkanes of at least 4 members (excludes halogenated alkanes) is 1. The summed E-state index contributed by atoms with van der Waals surface area (Å²) in [7, 11) is -4.08. The van der Waals surface area contributed by atoms with Gasteiger partial charge in [0.15, 0.2) is 0 Å². The second-order valence-corrected chi connectivity index (χ2v) is 15.1. The minimum atomic E-state index is -4.08. The zero-order valence-corrected chi connectivity index (χ0v) is 29.7. The normalized spacial score (nSPS) is 17.5. The molecule has 2 aliphatic rings. The zero-order valence-electron chi connectivity index (χ0n) is 27.4. The molecule has 1 N–H and O–H groups in total. The van der Waals surface area contributed by atoms with Crippen LogP contribution in [0.4, 0.5) is 4.39 Å². The lowest BCUT2D eigenvalue weighted by Gasteiger charge is -2.38. The van der Waals surface area contributed by atoms with Gasteiger partial charge in [0.1, 0.15) is 5.82 Å². The fraction of sp³-hybridized carbons (Fsp3) is 0.263. The van der Waals surface area contributed by atoms with Crippen molar-refractivity contribution in [3.63, 3.8) is 0 Å². The van der Waals surface area contributed by atoms with Crippen LogP contribution < -0.4 is 0 Å². The van der Waals surface area contributed by atoms with Gasteiger partial charge in [0, 0.05) is 59.2 Å². The molecule has 0 spiro atoms. The molecular formula is C38H37Cl2FN6O2S. The third-order valence-electron chi connectivity index (χ3n) is 9.36. The minimum Gasteiger partial charge on any atom is -0.361 e. The summed E-state index contributed by atoms with van der Waals surface area (Å²) in [5, 5.41) is 8.81. The standard InChI is InChI=1S/C38H37Cl2FN6O2S/c39-30-11-9-28(10-12-30)37-35(27-6-2-1-3-7-27)26-47(43-37)38(44-50(48,49)33-16-13-31(40)14-17-33)46-22-20-45(21-23-46)19-5-4-8-29-25-42-36-18-15-32(41)24-34(29)36/h1-3,6-7,9-18,24-25,35,42H,4-5,8,19-23,26H2. The molecule has 5 aromatic rings. The number of benzene rings is 4. The number of aromatic nitrogens is 1. The van der Waals surface area contributed by atoms with E-state index in [0.717, 1.165) is 72.2 Å². The number of aryl methyl sites for hydroxylation is 1. The Hall–Kier alpha value is -4.22. The van der Waals surface area contributed by atoms with Crippen LogP contribution in [-0.4, -0.2) is 79.2 Å². The molecule has 3 heterocycles. The number of sulfonamides is 1. The fourth-order valence-corrected chi connectivity index (χ4v) is 7.93. The summed E-state index contributed by atoms with van der Waals surface area (Å²) in [5.41, 5.74) is 4.89. The van der Waals surface area contributed by atoms with Gasteiger partial charge in [-0.3, -0.25) is 4.90 Å². The number of piperazine rings is 1. The summed E-state index contributed by atoms with van der Waals surface area (Å²) in [6.45, 7) is 4.03. The van der Waals surface area contributed by atoms with Gasteiger partial charge >= 0.3 is 0 Å². The monoisotopic (exact) mass is 730 g/mol. The number of nitrogens with one attached hydrogen (secondary N) is 1. The van der Waals surface area contributed by atoms with Crippen molar-refractivity contribution in [3.8, 4) is 0 Å². The predicted molar refractivity (Wildman–Crippen MR) is 199 cm³/mol. The van der Waals surface area contributed by atoms with Crippen molar-refractivity contribution in [2.24, 2.45) is 9.50 Å². The van der Waals surface area contributed by atoms with Crippen molar-refractivity contribution in [2.75, 3.05) is 39.3 Å². The van der Waals surface area contributed by atoms with Gasteiger partial charge in [-0.15, -0.1) is 4.40 Å². The second-order valence-electron chi connectivity index (χ2n) is 12.6. The molecule has 1 atom stereocenters. The van der Waals surface area contributed by atoms with Gasteiger partial charge in [-0.25, -0.2) is 9.40 Å². The van der Waals surface area contributed by atoms with E-state index < -0.39 is 10.0 Å². The van der Waals surface area contributed by atoms with Crippen molar-refractivity contribution >= 4 is 55.8 Å². The second kappa shape index (κ2) is 14.9. The number of guanidine groups is 1. The average Bonchev–Trinajstić information content (AvgIpc) is 3.75. The SMILES string of the molecule is O=S(=O)(N=C(N1CCN(CCCCc2c[nH]c3ccc(F)cc23)CC1)N1CC(c2ccccc2)C(c2ccc(Cl)cc2)=N1)c1ccc(Cl)cc1. The third-order valence-corrected chi connectivity index (χ3v) is 11.1. The number of hydrazone groups is 1. The Morgan fingerprint density at radius 1 is 0.880 bits per heavy atom. The average molecular weight is 732 g/mol. The highest BCUT2D eigenvalue weighted by atomic mass is 35.5. The van der Waals surface area contributed by atoms with E-state index in [4.69, 9.17) is 28.3 Å². The Bertz CT molecular complexity index is 2110. The third kappa shape index (κ3) is 7.73. The highest BCUT2D eigenvalue weighted by molar-refractivity contribution is 7.90. The number of rotatable bonds is 9. The number of nitrogens with zero attached hydrogens (tertiary/aromatic N) is 5. The van der Waals surface area contributed by atoms with E-state index in [-0.39, 0.29) is 16.6 Å². The van der Waals surface area contributed by atoms with Crippen LogP contribution in [0.25, 0.3) is 10.9 Å². The van der Waals surface area contributed by atoms with Crippen LogP contribution in [0.3, 0.4) is 0 Å². The molecule has 2 aliphatic heterocycles. The summed E-state index contributed by atoms with van der Waals surface area (Å²) in [5.74, 6) is -0.0386. The van der Waals surface area contributed by atoms with Crippen LogP contribution in [0.2, 0.25) is 10.0 Å². The molecule has 1 fully saturated rings. The van der Waals surface area contributed by atoms with Crippen LogP contribution in [0.1, 0.15) is 35.4 Å². The highest BCUT2D eigenvalue weighted by Gasteiger charge is 2.35. The Balaban J connectivity index is 1.10. The maximum absolute atomic E-state index is 13.8. The van der Waals surface area contributed by atoms with Crippen LogP contribution in [0.5, 0.6) is 0 Å². The number of aromatic amines is 1. The van der Waals surface area contributed by atoms with Gasteiger partial charge in [0.2, 0.25) is 5.96 Å². The number of hydrogen-bond donors (Lipinski definition) is 1. The van der Waals surface area contributed by atoms with E-state index in [1.165, 1.54) is 18.2 Å². The molecule has 0 saturated carbocycles. The van der Waals surface area contributed by atoms with Crippen molar-refractivity contribution in [1.29, 1.82) is 0 Å². The molecule has 0 amide bonds. The first-order valence-corrected chi connectivity index (χ1v) is 18.9. The van der Waals surface area contributed by atoms with E-state index in [1.54, 1.807) is 29.3 Å². The van der Waals surface area contributed by atoms with Crippen molar-refractivity contribution in [1.82, 2.24) is 19.8 Å². The molecule has 0 aliphatic carbocycles. The lowest BCUT2D eigenvalue weighted by molar-refractivity contribution is 0.168. The van der Waals surface area contributed by atoms with Crippen molar-refractivity contribution < 1.29 is 12.8 Å². The van der Waals surface area contributed by atoms with Crippen LogP contribution >= 0.6 is 23.2 Å². The van der Waals surface area contributed by atoms with Gasteiger partial charge in [0.05, 0.1) is 17.2 Å². The number of hydrogen-bond acceptors (Lipinski definition) is 4. The summed E-state index contributed by atoms with van der Waals surface area (Å²) >= 11 is 12.3. The first-order valence-electron chi connectivity index (χ1n) is 16.7. The van der Waals surface area contributed by atoms with Gasteiger partial charge in [-0.2, -0.15) is 13.5 Å². The largest absolute Gasteiger partial charge is 0.361 e. The molecule has 1 unspecified atom stereocenters. The van der Waals surface area contributed by atoms with E-state index >= 15 is 0 Å². The van der Waals surface area contributed by atoms with E-state index in [2.05, 4.69) is 26.4 Å². The summed E-state index contributed by atoms with van der Waals surface area (Å²) in [6.07, 6.45) is 4.82. The Labute approximate surface area is 301 Å². The topological polar surface area (TPSA) is 84.4 Å². The quantitative estimate of drug-likeness (QED) is 0.0951.